The van der Waals surface area contributed by atoms with Gasteiger partial charge in [0.25, 0.3) is 0 Å². The van der Waals surface area contributed by atoms with Gasteiger partial charge in [-0.2, -0.15) is 0 Å². The van der Waals surface area contributed by atoms with E-state index >= 15 is 0 Å². The van der Waals surface area contributed by atoms with Crippen LogP contribution in [0.4, 0.5) is 5.82 Å². The number of aromatic nitrogens is 3. The molecule has 0 unspecified atom stereocenters. The van der Waals surface area contributed by atoms with Crippen LogP contribution in [0.5, 0.6) is 0 Å². The lowest BCUT2D eigenvalue weighted by Gasteiger charge is -2.35. The minimum atomic E-state index is 0.506. The number of hydrogen-bond acceptors (Lipinski definition) is 7. The van der Waals surface area contributed by atoms with Crippen LogP contribution >= 0.6 is 0 Å². The molecule has 0 atom stereocenters. The van der Waals surface area contributed by atoms with Crippen LogP contribution in [0, 0.1) is 6.92 Å². The first-order chi connectivity index (χ1) is 12.3. The normalized spacial score (nSPS) is 20.1. The van der Waals surface area contributed by atoms with Crippen molar-refractivity contribution in [2.45, 2.75) is 32.2 Å². The van der Waals surface area contributed by atoms with E-state index in [0.29, 0.717) is 5.92 Å². The molecule has 2 aromatic heterocycles. The molecule has 134 valence electrons. The fourth-order valence-corrected chi connectivity index (χ4v) is 3.60. The van der Waals surface area contributed by atoms with Crippen molar-refractivity contribution in [3.05, 3.63) is 35.6 Å². The van der Waals surface area contributed by atoms with Gasteiger partial charge in [0.1, 0.15) is 12.1 Å². The van der Waals surface area contributed by atoms with Gasteiger partial charge in [0.05, 0.1) is 12.2 Å². The third-order valence-electron chi connectivity index (χ3n) is 5.07. The summed E-state index contributed by atoms with van der Waals surface area (Å²) in [4.78, 5) is 13.8. The molecule has 0 bridgehead atoms. The number of aryl methyl sites for hydroxylation is 1. The van der Waals surface area contributed by atoms with E-state index in [1.54, 1.807) is 6.33 Å². The van der Waals surface area contributed by atoms with E-state index in [4.69, 9.17) is 9.26 Å². The van der Waals surface area contributed by atoms with E-state index < -0.39 is 0 Å². The van der Waals surface area contributed by atoms with Crippen molar-refractivity contribution in [2.75, 3.05) is 44.3 Å². The zero-order valence-electron chi connectivity index (χ0n) is 14.7. The van der Waals surface area contributed by atoms with Crippen LogP contribution in [0.2, 0.25) is 0 Å². The van der Waals surface area contributed by atoms with Crippen molar-refractivity contribution >= 4 is 5.82 Å². The summed E-state index contributed by atoms with van der Waals surface area (Å²) in [6.07, 6.45) is 3.82. The standard InChI is InChI=1S/C18H25N5O2/c1-14-10-16(25-21-14)12-22-4-6-23(7-5-22)18-11-17(19-13-20-18)15-2-8-24-9-3-15/h10-11,13,15H,2-9,12H2,1H3. The Labute approximate surface area is 148 Å². The molecule has 7 heteroatoms. The molecule has 2 aliphatic rings. The highest BCUT2D eigenvalue weighted by Gasteiger charge is 2.22. The summed E-state index contributed by atoms with van der Waals surface area (Å²) in [7, 11) is 0. The summed E-state index contributed by atoms with van der Waals surface area (Å²) >= 11 is 0. The number of ether oxygens (including phenoxy) is 1. The van der Waals surface area contributed by atoms with E-state index in [1.807, 2.05) is 13.0 Å². The lowest BCUT2D eigenvalue weighted by Crippen LogP contribution is -2.46. The first-order valence-corrected chi connectivity index (χ1v) is 9.07. The molecule has 4 rings (SSSR count). The summed E-state index contributed by atoms with van der Waals surface area (Å²) < 4.78 is 10.8. The number of anilines is 1. The summed E-state index contributed by atoms with van der Waals surface area (Å²) in [6, 6.07) is 4.18. The minimum Gasteiger partial charge on any atom is -0.381 e. The average Bonchev–Trinajstić information content (AvgIpc) is 3.08. The van der Waals surface area contributed by atoms with E-state index in [0.717, 1.165) is 81.7 Å². The van der Waals surface area contributed by atoms with Crippen LogP contribution in [0.25, 0.3) is 0 Å². The number of nitrogens with zero attached hydrogens (tertiary/aromatic N) is 5. The number of hydrogen-bond donors (Lipinski definition) is 0. The van der Waals surface area contributed by atoms with Crippen LogP contribution in [0.1, 0.15) is 35.9 Å². The molecule has 0 aromatic carbocycles. The summed E-state index contributed by atoms with van der Waals surface area (Å²) in [5.41, 5.74) is 2.10. The molecule has 0 N–H and O–H groups in total. The Kier molecular flexibility index (Phi) is 4.94. The molecule has 25 heavy (non-hydrogen) atoms. The number of piperazine rings is 1. The molecular formula is C18H25N5O2. The Hall–Kier alpha value is -1.99. The van der Waals surface area contributed by atoms with Gasteiger partial charge in [0, 0.05) is 63.1 Å². The lowest BCUT2D eigenvalue weighted by molar-refractivity contribution is 0.0845. The molecule has 0 spiro atoms. The third kappa shape index (κ3) is 3.99. The fraction of sp³-hybridized carbons (Fsp3) is 0.611. The Morgan fingerprint density at radius 2 is 1.88 bits per heavy atom. The molecular weight excluding hydrogens is 318 g/mol. The molecule has 0 amide bonds. The highest BCUT2D eigenvalue weighted by Crippen LogP contribution is 2.27. The summed E-state index contributed by atoms with van der Waals surface area (Å²) in [6.45, 7) is 8.39. The molecule has 2 aliphatic heterocycles. The Balaban J connectivity index is 1.35. The van der Waals surface area contributed by atoms with Crippen molar-refractivity contribution < 1.29 is 9.26 Å². The van der Waals surface area contributed by atoms with Gasteiger partial charge in [-0.25, -0.2) is 9.97 Å². The Morgan fingerprint density at radius 1 is 1.08 bits per heavy atom. The highest BCUT2D eigenvalue weighted by molar-refractivity contribution is 5.40. The highest BCUT2D eigenvalue weighted by atomic mass is 16.5. The van der Waals surface area contributed by atoms with E-state index in [1.165, 1.54) is 0 Å². The van der Waals surface area contributed by atoms with Gasteiger partial charge in [-0.15, -0.1) is 0 Å². The van der Waals surface area contributed by atoms with Crippen molar-refractivity contribution in [3.8, 4) is 0 Å². The molecule has 0 saturated carbocycles. The molecule has 2 fully saturated rings. The summed E-state index contributed by atoms with van der Waals surface area (Å²) in [5, 5.41) is 3.96. The van der Waals surface area contributed by atoms with Gasteiger partial charge in [0.2, 0.25) is 0 Å². The minimum absolute atomic E-state index is 0.506. The van der Waals surface area contributed by atoms with Crippen LogP contribution < -0.4 is 4.90 Å². The SMILES string of the molecule is Cc1cc(CN2CCN(c3cc(C4CCOCC4)ncn3)CC2)on1. The molecule has 7 nitrogen and oxygen atoms in total. The summed E-state index contributed by atoms with van der Waals surface area (Å²) in [5.74, 6) is 2.49. The second-order valence-corrected chi connectivity index (χ2v) is 6.89. The van der Waals surface area contributed by atoms with E-state index in [9.17, 15) is 0 Å². The largest absolute Gasteiger partial charge is 0.381 e. The maximum Gasteiger partial charge on any atom is 0.150 e. The van der Waals surface area contributed by atoms with Gasteiger partial charge in [-0.1, -0.05) is 5.16 Å². The van der Waals surface area contributed by atoms with Crippen molar-refractivity contribution in [2.24, 2.45) is 0 Å². The van der Waals surface area contributed by atoms with Crippen molar-refractivity contribution in [1.82, 2.24) is 20.0 Å². The molecule has 0 aliphatic carbocycles. The smallest absolute Gasteiger partial charge is 0.150 e. The topological polar surface area (TPSA) is 67.5 Å². The molecule has 4 heterocycles. The van der Waals surface area contributed by atoms with Crippen LogP contribution in [0.3, 0.4) is 0 Å². The van der Waals surface area contributed by atoms with Gasteiger partial charge in [0.15, 0.2) is 5.76 Å². The average molecular weight is 343 g/mol. The van der Waals surface area contributed by atoms with E-state index in [-0.39, 0.29) is 0 Å². The number of rotatable bonds is 4. The lowest BCUT2D eigenvalue weighted by atomic mass is 9.96. The molecule has 2 saturated heterocycles. The second-order valence-electron chi connectivity index (χ2n) is 6.89. The first-order valence-electron chi connectivity index (χ1n) is 9.07. The second kappa shape index (κ2) is 7.49. The monoisotopic (exact) mass is 343 g/mol. The fourth-order valence-electron chi connectivity index (χ4n) is 3.60. The van der Waals surface area contributed by atoms with Crippen molar-refractivity contribution in [3.63, 3.8) is 0 Å². The van der Waals surface area contributed by atoms with Crippen LogP contribution in [-0.2, 0) is 11.3 Å². The zero-order valence-corrected chi connectivity index (χ0v) is 14.7. The third-order valence-corrected chi connectivity index (χ3v) is 5.07. The van der Waals surface area contributed by atoms with E-state index in [2.05, 4.69) is 31.0 Å². The maximum atomic E-state index is 5.46. The predicted octanol–water partition coefficient (Wildman–Crippen LogP) is 1.99. The molecule has 0 radical (unpaired) electrons. The molecule has 2 aromatic rings. The van der Waals surface area contributed by atoms with Gasteiger partial charge < -0.3 is 14.2 Å². The van der Waals surface area contributed by atoms with Crippen molar-refractivity contribution in [1.29, 1.82) is 0 Å². The predicted molar refractivity (Wildman–Crippen MR) is 93.6 cm³/mol. The Morgan fingerprint density at radius 3 is 2.60 bits per heavy atom. The zero-order chi connectivity index (χ0) is 17.1. The van der Waals surface area contributed by atoms with Gasteiger partial charge in [-0.05, 0) is 19.8 Å². The van der Waals surface area contributed by atoms with Gasteiger partial charge in [-0.3, -0.25) is 4.90 Å². The first kappa shape index (κ1) is 16.5. The van der Waals surface area contributed by atoms with Gasteiger partial charge >= 0.3 is 0 Å². The van der Waals surface area contributed by atoms with Crippen LogP contribution in [0.15, 0.2) is 23.0 Å². The quantitative estimate of drug-likeness (QED) is 0.841. The maximum absolute atomic E-state index is 5.46. The Bertz CT molecular complexity index is 690. The van der Waals surface area contributed by atoms with Crippen LogP contribution in [-0.4, -0.2) is 59.4 Å².